The average Bonchev–Trinajstić information content (AvgIpc) is 2.18. The van der Waals surface area contributed by atoms with Crippen LogP contribution in [0.4, 0.5) is 0 Å². The van der Waals surface area contributed by atoms with E-state index in [9.17, 15) is 9.59 Å². The van der Waals surface area contributed by atoms with Gasteiger partial charge in [0.05, 0.1) is 0 Å². The summed E-state index contributed by atoms with van der Waals surface area (Å²) in [6.45, 7) is 1.86. The van der Waals surface area contributed by atoms with Gasteiger partial charge in [0, 0.05) is 12.6 Å². The lowest BCUT2D eigenvalue weighted by Gasteiger charge is -1.96. The topological polar surface area (TPSA) is 47.0 Å². The zero-order chi connectivity index (χ0) is 9.68. The van der Waals surface area contributed by atoms with Crippen molar-refractivity contribution in [3.63, 3.8) is 0 Å². The van der Waals surface area contributed by atoms with E-state index in [1.807, 2.05) is 6.92 Å². The minimum Gasteiger partial charge on any atom is -0.290 e. The Hall–Kier alpha value is -1.51. The Bertz CT molecular complexity index is 306. The van der Waals surface area contributed by atoms with Gasteiger partial charge in [-0.1, -0.05) is 13.0 Å². The Morgan fingerprint density at radius 2 is 2.15 bits per heavy atom. The van der Waals surface area contributed by atoms with Crippen molar-refractivity contribution >= 4 is 11.6 Å². The highest BCUT2D eigenvalue weighted by atomic mass is 16.2. The third-order valence-electron chi connectivity index (χ3n) is 1.63. The summed E-state index contributed by atoms with van der Waals surface area (Å²) in [5.41, 5.74) is 0.237. The summed E-state index contributed by atoms with van der Waals surface area (Å²) >= 11 is 0. The predicted molar refractivity (Wildman–Crippen MR) is 48.5 cm³/mol. The summed E-state index contributed by atoms with van der Waals surface area (Å²) in [6, 6.07) is 4.95. The molecule has 0 atom stereocenters. The molecular weight excluding hydrogens is 166 g/mol. The molecule has 3 nitrogen and oxygen atoms in total. The van der Waals surface area contributed by atoms with E-state index >= 15 is 0 Å². The highest BCUT2D eigenvalue weighted by molar-refractivity contribution is 6.43. The normalized spacial score (nSPS) is 9.62. The molecule has 0 aromatic carbocycles. The first-order valence-corrected chi connectivity index (χ1v) is 4.24. The van der Waals surface area contributed by atoms with Crippen LogP contribution in [0, 0.1) is 0 Å². The van der Waals surface area contributed by atoms with E-state index in [1.54, 1.807) is 18.2 Å². The van der Waals surface area contributed by atoms with Gasteiger partial charge in [-0.3, -0.25) is 14.6 Å². The minimum absolute atomic E-state index is 0.237. The molecule has 0 amide bonds. The van der Waals surface area contributed by atoms with E-state index in [4.69, 9.17) is 0 Å². The molecule has 1 rings (SSSR count). The molecule has 0 bridgehead atoms. The fraction of sp³-hybridized carbons (Fsp3) is 0.300. The van der Waals surface area contributed by atoms with E-state index in [-0.39, 0.29) is 11.5 Å². The molecule has 1 heterocycles. The molecule has 0 spiro atoms. The van der Waals surface area contributed by atoms with Crippen LogP contribution in [0.2, 0.25) is 0 Å². The second-order valence-electron chi connectivity index (χ2n) is 2.72. The van der Waals surface area contributed by atoms with Gasteiger partial charge >= 0.3 is 0 Å². The van der Waals surface area contributed by atoms with E-state index in [0.717, 1.165) is 0 Å². The van der Waals surface area contributed by atoms with Gasteiger partial charge in [0.1, 0.15) is 5.69 Å². The van der Waals surface area contributed by atoms with Crippen LogP contribution in [0.25, 0.3) is 0 Å². The summed E-state index contributed by atoms with van der Waals surface area (Å²) in [7, 11) is 0. The number of hydrogen-bond acceptors (Lipinski definition) is 3. The molecule has 0 aliphatic carbocycles. The first kappa shape index (κ1) is 9.58. The third-order valence-corrected chi connectivity index (χ3v) is 1.63. The molecule has 13 heavy (non-hydrogen) atoms. The van der Waals surface area contributed by atoms with Crippen molar-refractivity contribution in [2.24, 2.45) is 0 Å². The first-order valence-electron chi connectivity index (χ1n) is 4.24. The monoisotopic (exact) mass is 177 g/mol. The van der Waals surface area contributed by atoms with Gasteiger partial charge in [-0.15, -0.1) is 0 Å². The van der Waals surface area contributed by atoms with E-state index < -0.39 is 5.78 Å². The number of rotatable bonds is 4. The molecule has 0 aliphatic heterocycles. The molecule has 0 radical (unpaired) electrons. The van der Waals surface area contributed by atoms with Crippen molar-refractivity contribution in [2.75, 3.05) is 0 Å². The fourth-order valence-corrected chi connectivity index (χ4v) is 0.981. The first-order chi connectivity index (χ1) is 6.25. The van der Waals surface area contributed by atoms with Crippen LogP contribution in [0.1, 0.15) is 30.3 Å². The summed E-state index contributed by atoms with van der Waals surface area (Å²) < 4.78 is 0. The van der Waals surface area contributed by atoms with Crippen LogP contribution in [0.3, 0.4) is 0 Å². The van der Waals surface area contributed by atoms with Crippen molar-refractivity contribution in [3.05, 3.63) is 30.1 Å². The highest BCUT2D eigenvalue weighted by Gasteiger charge is 2.15. The van der Waals surface area contributed by atoms with Crippen molar-refractivity contribution in [1.29, 1.82) is 0 Å². The van der Waals surface area contributed by atoms with Crippen molar-refractivity contribution in [3.8, 4) is 0 Å². The number of pyridine rings is 1. The SMILES string of the molecule is CCCC(=O)C(=O)c1ccccn1. The Labute approximate surface area is 76.8 Å². The highest BCUT2D eigenvalue weighted by Crippen LogP contribution is 1.99. The maximum atomic E-state index is 11.3. The summed E-state index contributed by atoms with van der Waals surface area (Å²) in [6.07, 6.45) is 2.50. The third kappa shape index (κ3) is 2.47. The molecule has 1 aromatic rings. The number of carbonyl (C=O) groups is 2. The molecule has 1 aromatic heterocycles. The number of hydrogen-bond donors (Lipinski definition) is 0. The average molecular weight is 177 g/mol. The lowest BCUT2D eigenvalue weighted by molar-refractivity contribution is -0.115. The predicted octanol–water partition coefficient (Wildman–Crippen LogP) is 1.63. The number of ketones is 2. The van der Waals surface area contributed by atoms with Gasteiger partial charge in [0.15, 0.2) is 0 Å². The largest absolute Gasteiger partial charge is 0.290 e. The van der Waals surface area contributed by atoms with Gasteiger partial charge in [0.25, 0.3) is 0 Å². The Morgan fingerprint density at radius 1 is 1.38 bits per heavy atom. The molecule has 0 saturated heterocycles. The van der Waals surface area contributed by atoms with Crippen LogP contribution >= 0.6 is 0 Å². The maximum absolute atomic E-state index is 11.3. The summed E-state index contributed by atoms with van der Waals surface area (Å²) in [4.78, 5) is 26.3. The Balaban J connectivity index is 2.74. The van der Waals surface area contributed by atoms with Crippen LogP contribution in [-0.2, 0) is 4.79 Å². The molecule has 0 N–H and O–H groups in total. The lowest BCUT2D eigenvalue weighted by Crippen LogP contribution is -2.14. The van der Waals surface area contributed by atoms with Crippen LogP contribution in [0.5, 0.6) is 0 Å². The lowest BCUT2D eigenvalue weighted by atomic mass is 10.1. The smallest absolute Gasteiger partial charge is 0.246 e. The van der Waals surface area contributed by atoms with Gasteiger partial charge < -0.3 is 0 Å². The molecule has 0 unspecified atom stereocenters. The molecule has 0 fully saturated rings. The second-order valence-corrected chi connectivity index (χ2v) is 2.72. The molecule has 68 valence electrons. The minimum atomic E-state index is -0.484. The van der Waals surface area contributed by atoms with E-state index in [1.165, 1.54) is 6.20 Å². The fourth-order valence-electron chi connectivity index (χ4n) is 0.981. The van der Waals surface area contributed by atoms with Gasteiger partial charge in [-0.05, 0) is 18.6 Å². The quantitative estimate of drug-likeness (QED) is 0.518. The Kier molecular flexibility index (Phi) is 3.31. The zero-order valence-electron chi connectivity index (χ0n) is 7.49. The van der Waals surface area contributed by atoms with Gasteiger partial charge in [-0.2, -0.15) is 0 Å². The second kappa shape index (κ2) is 4.50. The van der Waals surface area contributed by atoms with Crippen LogP contribution in [-0.4, -0.2) is 16.6 Å². The maximum Gasteiger partial charge on any atom is 0.246 e. The molecule has 0 aliphatic rings. The van der Waals surface area contributed by atoms with Gasteiger partial charge in [-0.25, -0.2) is 0 Å². The van der Waals surface area contributed by atoms with Crippen molar-refractivity contribution in [2.45, 2.75) is 19.8 Å². The summed E-state index contributed by atoms with van der Waals surface area (Å²) in [5, 5.41) is 0. The Morgan fingerprint density at radius 3 is 2.69 bits per heavy atom. The van der Waals surface area contributed by atoms with Crippen molar-refractivity contribution in [1.82, 2.24) is 4.98 Å². The van der Waals surface area contributed by atoms with E-state index in [0.29, 0.717) is 12.8 Å². The zero-order valence-corrected chi connectivity index (χ0v) is 7.49. The molecule has 3 heteroatoms. The van der Waals surface area contributed by atoms with Crippen molar-refractivity contribution < 1.29 is 9.59 Å². The van der Waals surface area contributed by atoms with Gasteiger partial charge in [0.2, 0.25) is 11.6 Å². The number of carbonyl (C=O) groups excluding carboxylic acids is 2. The van der Waals surface area contributed by atoms with Crippen LogP contribution < -0.4 is 0 Å². The number of Topliss-reactive ketones (excluding diaryl/α,β-unsaturated/α-hetero) is 2. The van der Waals surface area contributed by atoms with E-state index in [2.05, 4.69) is 4.98 Å². The standard InChI is InChI=1S/C10H11NO2/c1-2-5-9(12)10(13)8-6-3-4-7-11-8/h3-4,6-7H,2,5H2,1H3. The number of aromatic nitrogens is 1. The molecule has 0 saturated carbocycles. The summed E-state index contributed by atoms with van der Waals surface area (Å²) in [5.74, 6) is -0.844. The van der Waals surface area contributed by atoms with Crippen LogP contribution in [0.15, 0.2) is 24.4 Å². The number of nitrogens with zero attached hydrogens (tertiary/aromatic N) is 1. The molecular formula is C10H11NO2.